The molecule has 32 heavy (non-hydrogen) atoms. The summed E-state index contributed by atoms with van der Waals surface area (Å²) < 4.78 is 12.9. The summed E-state index contributed by atoms with van der Waals surface area (Å²) in [6.07, 6.45) is 0. The van der Waals surface area contributed by atoms with Gasteiger partial charge in [0, 0.05) is 27.3 Å². The highest BCUT2D eigenvalue weighted by Gasteiger charge is 2.12. The molecular weight excluding hydrogens is 509 g/mol. The Labute approximate surface area is 206 Å². The van der Waals surface area contributed by atoms with Gasteiger partial charge in [-0.1, -0.05) is 69.5 Å². The lowest BCUT2D eigenvalue weighted by atomic mass is 10.2. The summed E-state index contributed by atoms with van der Waals surface area (Å²) in [5, 5.41) is 4.44. The zero-order chi connectivity index (χ0) is 22.3. The molecule has 0 unspecified atom stereocenters. The van der Waals surface area contributed by atoms with Crippen molar-refractivity contribution in [2.24, 2.45) is 0 Å². The lowest BCUT2D eigenvalue weighted by molar-refractivity contribution is 0.303. The fraction of sp³-hybridized carbons (Fsp3) is 0.0769. The Morgan fingerprint density at radius 2 is 1.47 bits per heavy atom. The van der Waals surface area contributed by atoms with Crippen molar-refractivity contribution in [1.29, 1.82) is 0 Å². The summed E-state index contributed by atoms with van der Waals surface area (Å²) >= 11 is 16.1. The predicted octanol–water partition coefficient (Wildman–Crippen LogP) is 8.74. The number of hydrogen-bond acceptors (Lipinski definition) is 3. The molecule has 0 amide bonds. The summed E-state index contributed by atoms with van der Waals surface area (Å²) in [6, 6.07) is 29.0. The summed E-state index contributed by atoms with van der Waals surface area (Å²) in [6.45, 7) is 0.919. The maximum absolute atomic E-state index is 6.44. The van der Waals surface area contributed by atoms with Gasteiger partial charge in [0.25, 0.3) is 0 Å². The molecule has 0 spiro atoms. The van der Waals surface area contributed by atoms with Crippen LogP contribution in [0.15, 0.2) is 95.5 Å². The van der Waals surface area contributed by atoms with Crippen molar-refractivity contribution in [1.82, 2.24) is 0 Å². The fourth-order valence-electron chi connectivity index (χ4n) is 3.11. The van der Waals surface area contributed by atoms with Crippen LogP contribution in [-0.2, 0) is 13.2 Å². The zero-order valence-corrected chi connectivity index (χ0v) is 20.1. The van der Waals surface area contributed by atoms with E-state index in [1.165, 1.54) is 0 Å². The topological polar surface area (TPSA) is 30.5 Å². The van der Waals surface area contributed by atoms with E-state index in [4.69, 9.17) is 32.7 Å². The van der Waals surface area contributed by atoms with Crippen LogP contribution in [0.4, 0.5) is 5.69 Å². The molecule has 0 aromatic heterocycles. The van der Waals surface area contributed by atoms with Crippen LogP contribution in [-0.4, -0.2) is 0 Å². The van der Waals surface area contributed by atoms with Gasteiger partial charge in [0.1, 0.15) is 23.9 Å². The van der Waals surface area contributed by atoms with Crippen molar-refractivity contribution in [2.45, 2.75) is 13.2 Å². The van der Waals surface area contributed by atoms with Crippen LogP contribution < -0.4 is 14.8 Å². The Morgan fingerprint density at radius 1 is 0.781 bits per heavy atom. The number of benzene rings is 4. The maximum atomic E-state index is 6.44. The summed E-state index contributed by atoms with van der Waals surface area (Å²) in [5.74, 6) is 2.19. The molecule has 0 heterocycles. The van der Waals surface area contributed by atoms with Crippen molar-refractivity contribution in [3.63, 3.8) is 0 Å². The van der Waals surface area contributed by atoms with Crippen LogP contribution in [0.25, 0.3) is 0 Å². The quantitative estimate of drug-likeness (QED) is 0.248. The van der Waals surface area contributed by atoms with Gasteiger partial charge in [-0.15, -0.1) is 0 Å². The Kier molecular flexibility index (Phi) is 7.59. The first-order valence-electron chi connectivity index (χ1n) is 9.99. The molecule has 4 aromatic rings. The van der Waals surface area contributed by atoms with Gasteiger partial charge < -0.3 is 14.8 Å². The molecule has 0 radical (unpaired) electrons. The number of rotatable bonds is 8. The molecule has 4 aromatic carbocycles. The minimum absolute atomic E-state index is 0.410. The predicted molar refractivity (Wildman–Crippen MR) is 135 cm³/mol. The van der Waals surface area contributed by atoms with Crippen molar-refractivity contribution < 1.29 is 9.47 Å². The van der Waals surface area contributed by atoms with Gasteiger partial charge in [0.2, 0.25) is 0 Å². The third kappa shape index (κ3) is 6.19. The van der Waals surface area contributed by atoms with Gasteiger partial charge >= 0.3 is 0 Å². The van der Waals surface area contributed by atoms with Crippen LogP contribution in [0.1, 0.15) is 11.1 Å². The molecular formula is C26H20BrCl2NO2. The van der Waals surface area contributed by atoms with Crippen molar-refractivity contribution in [3.8, 4) is 17.2 Å². The number of halogens is 3. The molecule has 0 bridgehead atoms. The lowest BCUT2D eigenvalue weighted by Crippen LogP contribution is -2.04. The average molecular weight is 529 g/mol. The molecule has 4 rings (SSSR count). The molecule has 1 N–H and O–H groups in total. The molecule has 162 valence electrons. The summed E-state index contributed by atoms with van der Waals surface area (Å²) in [7, 11) is 0. The van der Waals surface area contributed by atoms with E-state index in [0.717, 1.165) is 32.8 Å². The van der Waals surface area contributed by atoms with Gasteiger partial charge in [-0.25, -0.2) is 0 Å². The van der Waals surface area contributed by atoms with Gasteiger partial charge in [-0.3, -0.25) is 0 Å². The number of nitrogens with one attached hydrogen (secondary N) is 1. The molecule has 0 aliphatic carbocycles. The monoisotopic (exact) mass is 527 g/mol. The molecule has 6 heteroatoms. The van der Waals surface area contributed by atoms with E-state index < -0.39 is 0 Å². The normalized spacial score (nSPS) is 10.6. The first-order valence-corrected chi connectivity index (χ1v) is 11.5. The van der Waals surface area contributed by atoms with E-state index in [0.29, 0.717) is 28.9 Å². The molecule has 3 nitrogen and oxygen atoms in total. The van der Waals surface area contributed by atoms with Crippen LogP contribution in [0.5, 0.6) is 17.2 Å². The van der Waals surface area contributed by atoms with Gasteiger partial charge in [0.05, 0.1) is 5.02 Å². The number of anilines is 1. The summed E-state index contributed by atoms with van der Waals surface area (Å²) in [5.41, 5.74) is 2.87. The number of para-hydroxylation sites is 1. The van der Waals surface area contributed by atoms with Crippen LogP contribution in [0.3, 0.4) is 0 Å². The highest BCUT2D eigenvalue weighted by molar-refractivity contribution is 9.10. The minimum atomic E-state index is 0.410. The summed E-state index contributed by atoms with van der Waals surface area (Å²) in [4.78, 5) is 0. The van der Waals surface area contributed by atoms with E-state index in [-0.39, 0.29) is 0 Å². The fourth-order valence-corrected chi connectivity index (χ4v) is 3.96. The minimum Gasteiger partial charge on any atom is -0.487 e. The zero-order valence-electron chi connectivity index (χ0n) is 17.0. The van der Waals surface area contributed by atoms with Crippen LogP contribution >= 0.6 is 39.1 Å². The Balaban J connectivity index is 1.42. The standard InChI is InChI=1S/C26H20BrCl2NO2/c27-20-8-6-18(7-9-20)17-31-26-19(14-21(28)15-25(26)29)16-30-22-10-12-24(13-11-22)32-23-4-2-1-3-5-23/h1-15,30H,16-17H2. The smallest absolute Gasteiger partial charge is 0.143 e. The van der Waals surface area contributed by atoms with Gasteiger partial charge in [-0.05, 0) is 66.2 Å². The largest absolute Gasteiger partial charge is 0.487 e. The lowest BCUT2D eigenvalue weighted by Gasteiger charge is -2.15. The second-order valence-corrected chi connectivity index (χ2v) is 8.84. The first kappa shape index (κ1) is 22.5. The average Bonchev–Trinajstić information content (AvgIpc) is 2.80. The van der Waals surface area contributed by atoms with Crippen molar-refractivity contribution in [2.75, 3.05) is 5.32 Å². The Bertz CT molecular complexity index is 1170. The number of hydrogen-bond donors (Lipinski definition) is 1. The van der Waals surface area contributed by atoms with Gasteiger partial charge in [0.15, 0.2) is 0 Å². The molecule has 0 aliphatic heterocycles. The van der Waals surface area contributed by atoms with E-state index in [1.807, 2.05) is 84.9 Å². The molecule has 0 saturated carbocycles. The molecule has 0 aliphatic rings. The van der Waals surface area contributed by atoms with E-state index in [2.05, 4.69) is 21.2 Å². The molecule has 0 fully saturated rings. The van der Waals surface area contributed by atoms with E-state index >= 15 is 0 Å². The maximum Gasteiger partial charge on any atom is 0.143 e. The second-order valence-electron chi connectivity index (χ2n) is 7.08. The Hall–Kier alpha value is -2.66. The highest BCUT2D eigenvalue weighted by Crippen LogP contribution is 2.34. The first-order chi connectivity index (χ1) is 15.6. The highest BCUT2D eigenvalue weighted by atomic mass is 79.9. The Morgan fingerprint density at radius 3 is 2.19 bits per heavy atom. The molecule has 0 saturated heterocycles. The third-order valence-corrected chi connectivity index (χ3v) is 5.73. The van der Waals surface area contributed by atoms with Crippen molar-refractivity contribution >= 4 is 44.8 Å². The third-order valence-electron chi connectivity index (χ3n) is 4.70. The number of ether oxygens (including phenoxy) is 2. The van der Waals surface area contributed by atoms with Crippen LogP contribution in [0.2, 0.25) is 10.0 Å². The van der Waals surface area contributed by atoms with Gasteiger partial charge in [-0.2, -0.15) is 0 Å². The van der Waals surface area contributed by atoms with E-state index in [1.54, 1.807) is 6.07 Å². The van der Waals surface area contributed by atoms with E-state index in [9.17, 15) is 0 Å². The van der Waals surface area contributed by atoms with Crippen LogP contribution in [0, 0.1) is 0 Å². The SMILES string of the molecule is Clc1cc(Cl)c(OCc2ccc(Br)cc2)c(CNc2ccc(Oc3ccccc3)cc2)c1. The van der Waals surface area contributed by atoms with Crippen molar-refractivity contribution in [3.05, 3.63) is 117 Å². The molecule has 0 atom stereocenters. The second kappa shape index (κ2) is 10.8.